The molecule has 0 radical (unpaired) electrons. The topological polar surface area (TPSA) is 109 Å². The van der Waals surface area contributed by atoms with E-state index < -0.39 is 11.5 Å². The second kappa shape index (κ2) is 7.40. The third-order valence-corrected chi connectivity index (χ3v) is 4.31. The second-order valence-electron chi connectivity index (χ2n) is 5.05. The Morgan fingerprint density at radius 1 is 1.48 bits per heavy atom. The highest BCUT2D eigenvalue weighted by Crippen LogP contribution is 2.24. The van der Waals surface area contributed by atoms with E-state index in [1.54, 1.807) is 6.92 Å². The lowest BCUT2D eigenvalue weighted by Crippen LogP contribution is -2.30. The molecule has 1 aromatic rings. The van der Waals surface area contributed by atoms with Crippen molar-refractivity contribution in [1.29, 1.82) is 0 Å². The van der Waals surface area contributed by atoms with Crippen LogP contribution in [0.2, 0.25) is 0 Å². The number of hydrogen-bond acceptors (Lipinski definition) is 7. The molecule has 8 nitrogen and oxygen atoms in total. The Kier molecular flexibility index (Phi) is 5.54. The lowest BCUT2D eigenvalue weighted by Gasteiger charge is -2.14. The number of carbonyl (C=O) groups is 3. The van der Waals surface area contributed by atoms with E-state index >= 15 is 0 Å². The first kappa shape index (κ1) is 17.2. The van der Waals surface area contributed by atoms with Crippen molar-refractivity contribution in [1.82, 2.24) is 9.97 Å². The number of carbonyl (C=O) groups excluding carboxylic acids is 3. The normalized spacial score (nSPS) is 17.4. The summed E-state index contributed by atoms with van der Waals surface area (Å²) < 4.78 is 4.75. The molecule has 0 aromatic carbocycles. The highest BCUT2D eigenvalue weighted by Gasteiger charge is 2.32. The first-order chi connectivity index (χ1) is 10.9. The quantitative estimate of drug-likeness (QED) is 0.781. The summed E-state index contributed by atoms with van der Waals surface area (Å²) in [6.07, 6.45) is 1.40. The summed E-state index contributed by atoms with van der Waals surface area (Å²) in [4.78, 5) is 54.3. The van der Waals surface area contributed by atoms with Crippen molar-refractivity contribution in [3.63, 3.8) is 0 Å². The molecule has 124 valence electrons. The summed E-state index contributed by atoms with van der Waals surface area (Å²) in [6, 6.07) is 0. The minimum atomic E-state index is -0.753. The van der Waals surface area contributed by atoms with Crippen LogP contribution >= 0.6 is 11.8 Å². The van der Waals surface area contributed by atoms with Crippen molar-refractivity contribution in [2.45, 2.75) is 20.3 Å². The largest absolute Gasteiger partial charge is 0.462 e. The standard InChI is InChI=1S/C14H17N3O5S/c1-3-22-13(21)10-5-15-14(16-12(10)20)17-6-9(4-11(17)19)7-23-8(2)18/h5,9H,3-4,6-7H2,1-2H3,(H,15,16,20). The third-order valence-electron chi connectivity index (χ3n) is 3.26. The maximum atomic E-state index is 12.0. The molecule has 2 rings (SSSR count). The predicted octanol–water partition coefficient (Wildman–Crippen LogP) is 0.579. The summed E-state index contributed by atoms with van der Waals surface area (Å²) >= 11 is 1.17. The molecule has 0 aliphatic carbocycles. The van der Waals surface area contributed by atoms with E-state index in [-0.39, 0.29) is 35.1 Å². The van der Waals surface area contributed by atoms with Crippen LogP contribution < -0.4 is 10.5 Å². The van der Waals surface area contributed by atoms with E-state index in [1.807, 2.05) is 0 Å². The molecule has 1 amide bonds. The fourth-order valence-electron chi connectivity index (χ4n) is 2.21. The molecule has 9 heteroatoms. The number of aromatic amines is 1. The number of nitrogens with one attached hydrogen (secondary N) is 1. The van der Waals surface area contributed by atoms with Crippen LogP contribution in [0.15, 0.2) is 11.0 Å². The van der Waals surface area contributed by atoms with Gasteiger partial charge in [0.1, 0.15) is 5.56 Å². The molecule has 1 atom stereocenters. The van der Waals surface area contributed by atoms with Crippen LogP contribution in [0.3, 0.4) is 0 Å². The van der Waals surface area contributed by atoms with Crippen LogP contribution in [0.4, 0.5) is 5.95 Å². The molecule has 1 saturated heterocycles. The Bertz CT molecular complexity index is 687. The number of hydrogen-bond donors (Lipinski definition) is 1. The third kappa shape index (κ3) is 4.19. The molecule has 23 heavy (non-hydrogen) atoms. The van der Waals surface area contributed by atoms with E-state index in [9.17, 15) is 19.2 Å². The van der Waals surface area contributed by atoms with E-state index in [4.69, 9.17) is 4.74 Å². The predicted molar refractivity (Wildman–Crippen MR) is 84.4 cm³/mol. The number of rotatable bonds is 5. The molecule has 1 aliphatic rings. The van der Waals surface area contributed by atoms with Crippen molar-refractivity contribution >= 4 is 34.7 Å². The van der Waals surface area contributed by atoms with Crippen molar-refractivity contribution in [3.8, 4) is 0 Å². The van der Waals surface area contributed by atoms with Gasteiger partial charge < -0.3 is 4.74 Å². The van der Waals surface area contributed by atoms with E-state index in [2.05, 4.69) is 9.97 Å². The molecule has 0 saturated carbocycles. The van der Waals surface area contributed by atoms with Gasteiger partial charge >= 0.3 is 5.97 Å². The smallest absolute Gasteiger partial charge is 0.345 e. The van der Waals surface area contributed by atoms with Crippen molar-refractivity contribution in [2.24, 2.45) is 5.92 Å². The SMILES string of the molecule is CCOC(=O)c1cnc(N2CC(CSC(C)=O)CC2=O)[nH]c1=O. The zero-order valence-electron chi connectivity index (χ0n) is 12.8. The van der Waals surface area contributed by atoms with Gasteiger partial charge in [-0.05, 0) is 12.8 Å². The highest BCUT2D eigenvalue weighted by atomic mass is 32.2. The Balaban J connectivity index is 2.11. The number of nitrogens with zero attached hydrogens (tertiary/aromatic N) is 2. The number of ether oxygens (including phenoxy) is 1. The van der Waals surface area contributed by atoms with Gasteiger partial charge in [-0.25, -0.2) is 9.78 Å². The van der Waals surface area contributed by atoms with Gasteiger partial charge in [0.05, 0.1) is 12.8 Å². The number of esters is 1. The molecule has 1 aromatic heterocycles. The Labute approximate surface area is 136 Å². The Hall–Kier alpha value is -2.16. The van der Waals surface area contributed by atoms with Gasteiger partial charge in [-0.3, -0.25) is 24.3 Å². The molecule has 1 N–H and O–H groups in total. The van der Waals surface area contributed by atoms with Crippen LogP contribution in [0.5, 0.6) is 0 Å². The van der Waals surface area contributed by atoms with Gasteiger partial charge in [-0.15, -0.1) is 0 Å². The summed E-state index contributed by atoms with van der Waals surface area (Å²) in [5, 5.41) is 0.00113. The maximum absolute atomic E-state index is 12.0. The Morgan fingerprint density at radius 3 is 2.83 bits per heavy atom. The Morgan fingerprint density at radius 2 is 2.22 bits per heavy atom. The van der Waals surface area contributed by atoms with Crippen LogP contribution in [-0.4, -0.2) is 45.9 Å². The average Bonchev–Trinajstić information content (AvgIpc) is 2.86. The maximum Gasteiger partial charge on any atom is 0.345 e. The van der Waals surface area contributed by atoms with E-state index in [0.29, 0.717) is 18.7 Å². The van der Waals surface area contributed by atoms with Crippen LogP contribution in [0, 0.1) is 5.92 Å². The van der Waals surface area contributed by atoms with Gasteiger partial charge in [0.2, 0.25) is 11.9 Å². The highest BCUT2D eigenvalue weighted by molar-refractivity contribution is 8.13. The number of aromatic nitrogens is 2. The second-order valence-corrected chi connectivity index (χ2v) is 6.24. The van der Waals surface area contributed by atoms with Gasteiger partial charge in [0, 0.05) is 25.6 Å². The fraction of sp³-hybridized carbons (Fsp3) is 0.500. The van der Waals surface area contributed by atoms with Gasteiger partial charge in [0.25, 0.3) is 5.56 Å². The van der Waals surface area contributed by atoms with E-state index in [0.717, 1.165) is 6.20 Å². The van der Waals surface area contributed by atoms with Gasteiger partial charge in [-0.2, -0.15) is 0 Å². The van der Waals surface area contributed by atoms with E-state index in [1.165, 1.54) is 23.6 Å². The van der Waals surface area contributed by atoms with Crippen molar-refractivity contribution in [3.05, 3.63) is 22.1 Å². The molecule has 0 spiro atoms. The van der Waals surface area contributed by atoms with Crippen LogP contribution in [0.25, 0.3) is 0 Å². The average molecular weight is 339 g/mol. The monoisotopic (exact) mass is 339 g/mol. The summed E-state index contributed by atoms with van der Waals surface area (Å²) in [6.45, 7) is 3.64. The van der Waals surface area contributed by atoms with Crippen LogP contribution in [-0.2, 0) is 14.3 Å². The number of amides is 1. The van der Waals surface area contributed by atoms with Crippen molar-refractivity contribution < 1.29 is 19.1 Å². The summed E-state index contributed by atoms with van der Waals surface area (Å²) in [5.41, 5.74) is -0.853. The first-order valence-electron chi connectivity index (χ1n) is 7.12. The zero-order chi connectivity index (χ0) is 17.0. The fourth-order valence-corrected chi connectivity index (χ4v) is 2.90. The lowest BCUT2D eigenvalue weighted by atomic mass is 10.1. The number of anilines is 1. The summed E-state index contributed by atoms with van der Waals surface area (Å²) in [7, 11) is 0. The molecule has 1 aliphatic heterocycles. The first-order valence-corrected chi connectivity index (χ1v) is 8.11. The van der Waals surface area contributed by atoms with Crippen LogP contribution in [0.1, 0.15) is 30.6 Å². The van der Waals surface area contributed by atoms with Gasteiger partial charge in [-0.1, -0.05) is 11.8 Å². The van der Waals surface area contributed by atoms with Gasteiger partial charge in [0.15, 0.2) is 5.12 Å². The minimum absolute atomic E-state index is 0.00113. The minimum Gasteiger partial charge on any atom is -0.462 e. The number of thioether (sulfide) groups is 1. The molecule has 0 bridgehead atoms. The van der Waals surface area contributed by atoms with Crippen molar-refractivity contribution in [2.75, 3.05) is 23.8 Å². The number of H-pyrrole nitrogens is 1. The lowest BCUT2D eigenvalue weighted by molar-refractivity contribution is -0.117. The molecule has 2 heterocycles. The summed E-state index contributed by atoms with van der Waals surface area (Å²) in [5.74, 6) is -0.264. The molecule has 1 unspecified atom stereocenters. The zero-order valence-corrected chi connectivity index (χ0v) is 13.6. The molecular weight excluding hydrogens is 322 g/mol. The molecule has 1 fully saturated rings. The molecular formula is C14H17N3O5S.